The van der Waals surface area contributed by atoms with E-state index in [2.05, 4.69) is 15.0 Å². The van der Waals surface area contributed by atoms with Crippen LogP contribution < -0.4 is 5.32 Å². The number of aromatic nitrogens is 1. The Labute approximate surface area is 143 Å². The highest BCUT2D eigenvalue weighted by Crippen LogP contribution is 2.27. The van der Waals surface area contributed by atoms with Gasteiger partial charge in [-0.15, -0.1) is 11.3 Å². The quantitative estimate of drug-likeness (QED) is 0.450. The molecule has 0 saturated heterocycles. The lowest BCUT2D eigenvalue weighted by Gasteiger charge is -2.03. The third kappa shape index (κ3) is 6.03. The number of ether oxygens (including phenoxy) is 1. The zero-order valence-electron chi connectivity index (χ0n) is 12.8. The van der Waals surface area contributed by atoms with Gasteiger partial charge >= 0.3 is 5.97 Å². The van der Waals surface area contributed by atoms with E-state index in [4.69, 9.17) is 0 Å². The maximum atomic E-state index is 11.7. The number of amides is 1. The number of rotatable bonds is 8. The highest BCUT2D eigenvalue weighted by Gasteiger charge is 2.08. The first-order chi connectivity index (χ1) is 11.2. The highest BCUT2D eigenvalue weighted by atomic mass is 32.2. The summed E-state index contributed by atoms with van der Waals surface area (Å²) in [4.78, 5) is 27.2. The normalized spacial score (nSPS) is 10.3. The van der Waals surface area contributed by atoms with E-state index in [9.17, 15) is 9.59 Å². The molecule has 23 heavy (non-hydrogen) atoms. The van der Waals surface area contributed by atoms with E-state index >= 15 is 0 Å². The van der Waals surface area contributed by atoms with Crippen molar-refractivity contribution in [3.8, 4) is 11.3 Å². The molecule has 0 atom stereocenters. The van der Waals surface area contributed by atoms with E-state index in [0.29, 0.717) is 25.1 Å². The number of thiazole rings is 1. The molecule has 122 valence electrons. The smallest absolute Gasteiger partial charge is 0.305 e. The van der Waals surface area contributed by atoms with Gasteiger partial charge in [0, 0.05) is 23.9 Å². The predicted molar refractivity (Wildman–Crippen MR) is 92.5 cm³/mol. The van der Waals surface area contributed by atoms with Crippen molar-refractivity contribution in [2.24, 2.45) is 0 Å². The molecule has 1 heterocycles. The third-order valence-corrected chi connectivity index (χ3v) is 5.01. The second-order valence-electron chi connectivity index (χ2n) is 4.68. The van der Waals surface area contributed by atoms with Gasteiger partial charge in [0.05, 0.1) is 18.6 Å². The number of carbonyl (C=O) groups is 2. The van der Waals surface area contributed by atoms with Crippen LogP contribution in [0.3, 0.4) is 0 Å². The summed E-state index contributed by atoms with van der Waals surface area (Å²) in [7, 11) is 1.36. The molecular weight excluding hydrogens is 332 g/mol. The minimum atomic E-state index is -0.259. The van der Waals surface area contributed by atoms with Gasteiger partial charge in [-0.2, -0.15) is 0 Å². The van der Waals surface area contributed by atoms with Crippen molar-refractivity contribution in [1.82, 2.24) is 10.3 Å². The van der Waals surface area contributed by atoms with E-state index in [1.165, 1.54) is 30.2 Å². The van der Waals surface area contributed by atoms with Gasteiger partial charge in [0.2, 0.25) is 5.91 Å². The number of benzene rings is 1. The minimum absolute atomic E-state index is 0.0590. The number of hydrogen-bond donors (Lipinski definition) is 1. The Balaban J connectivity index is 1.71. The molecule has 5 nitrogen and oxygen atoms in total. The standard InChI is InChI=1S/C16H18N2O3S2/c1-21-15(20)8-5-9-17-14(19)11-23-16-18-13(10-22-16)12-6-3-2-4-7-12/h2-4,6-7,10H,5,8-9,11H2,1H3,(H,17,19). The van der Waals surface area contributed by atoms with Crippen LogP contribution in [0.15, 0.2) is 40.1 Å². The zero-order chi connectivity index (χ0) is 16.5. The van der Waals surface area contributed by atoms with Gasteiger partial charge in [-0.3, -0.25) is 9.59 Å². The Hall–Kier alpha value is -1.86. The number of esters is 1. The minimum Gasteiger partial charge on any atom is -0.469 e. The SMILES string of the molecule is COC(=O)CCCNC(=O)CSc1nc(-c2ccccc2)cs1. The van der Waals surface area contributed by atoms with Crippen LogP contribution in [0, 0.1) is 0 Å². The fourth-order valence-electron chi connectivity index (χ4n) is 1.81. The third-order valence-electron chi connectivity index (χ3n) is 2.99. The molecule has 2 rings (SSSR count). The Bertz CT molecular complexity index is 644. The van der Waals surface area contributed by atoms with Gasteiger partial charge in [-0.05, 0) is 6.42 Å². The number of carbonyl (C=O) groups excluding carboxylic acids is 2. The van der Waals surface area contributed by atoms with Crippen molar-refractivity contribution in [3.63, 3.8) is 0 Å². The lowest BCUT2D eigenvalue weighted by Crippen LogP contribution is -2.26. The van der Waals surface area contributed by atoms with E-state index in [1.807, 2.05) is 35.7 Å². The average molecular weight is 350 g/mol. The molecule has 1 aromatic heterocycles. The number of nitrogens with zero attached hydrogens (tertiary/aromatic N) is 1. The van der Waals surface area contributed by atoms with Crippen molar-refractivity contribution in [3.05, 3.63) is 35.7 Å². The molecule has 1 N–H and O–H groups in total. The van der Waals surface area contributed by atoms with Crippen LogP contribution in [0.4, 0.5) is 0 Å². The molecule has 0 bridgehead atoms. The van der Waals surface area contributed by atoms with Crippen molar-refractivity contribution < 1.29 is 14.3 Å². The van der Waals surface area contributed by atoms with Gasteiger partial charge in [-0.1, -0.05) is 42.1 Å². The maximum absolute atomic E-state index is 11.7. The van der Waals surface area contributed by atoms with E-state index < -0.39 is 0 Å². The number of thioether (sulfide) groups is 1. The van der Waals surface area contributed by atoms with E-state index in [1.54, 1.807) is 0 Å². The maximum Gasteiger partial charge on any atom is 0.305 e. The molecule has 0 saturated carbocycles. The number of methoxy groups -OCH3 is 1. The van der Waals surface area contributed by atoms with Crippen LogP contribution in [-0.4, -0.2) is 36.3 Å². The molecule has 0 fully saturated rings. The molecule has 7 heteroatoms. The van der Waals surface area contributed by atoms with Crippen LogP contribution in [0.1, 0.15) is 12.8 Å². The van der Waals surface area contributed by atoms with Gasteiger partial charge < -0.3 is 10.1 Å². The predicted octanol–water partition coefficient (Wildman–Crippen LogP) is 2.97. The molecule has 0 spiro atoms. The molecule has 0 radical (unpaired) electrons. The first-order valence-corrected chi connectivity index (χ1v) is 9.03. The Kier molecular flexibility index (Phi) is 7.09. The van der Waals surface area contributed by atoms with E-state index in [0.717, 1.165) is 15.6 Å². The summed E-state index contributed by atoms with van der Waals surface area (Å²) >= 11 is 2.95. The first kappa shape index (κ1) is 17.5. The van der Waals surface area contributed by atoms with Crippen molar-refractivity contribution in [2.75, 3.05) is 19.4 Å². The summed E-state index contributed by atoms with van der Waals surface area (Å²) < 4.78 is 5.41. The summed E-state index contributed by atoms with van der Waals surface area (Å²) in [6, 6.07) is 9.94. The molecule has 0 aliphatic rings. The topological polar surface area (TPSA) is 68.3 Å². The second kappa shape index (κ2) is 9.32. The molecule has 0 aliphatic heterocycles. The number of nitrogens with one attached hydrogen (secondary N) is 1. The summed E-state index contributed by atoms with van der Waals surface area (Å²) in [6.45, 7) is 0.474. The zero-order valence-corrected chi connectivity index (χ0v) is 14.4. The fourth-order valence-corrected chi connectivity index (χ4v) is 3.47. The van der Waals surface area contributed by atoms with Crippen LogP contribution in [0.2, 0.25) is 0 Å². The highest BCUT2D eigenvalue weighted by molar-refractivity contribution is 8.01. The summed E-state index contributed by atoms with van der Waals surface area (Å²) in [6.07, 6.45) is 0.898. The fraction of sp³-hybridized carbons (Fsp3) is 0.312. The largest absolute Gasteiger partial charge is 0.469 e. The number of hydrogen-bond acceptors (Lipinski definition) is 6. The van der Waals surface area contributed by atoms with Crippen molar-refractivity contribution in [1.29, 1.82) is 0 Å². The molecule has 1 amide bonds. The molecule has 1 aromatic carbocycles. The van der Waals surface area contributed by atoms with Gasteiger partial charge in [0.15, 0.2) is 4.34 Å². The van der Waals surface area contributed by atoms with Gasteiger partial charge in [-0.25, -0.2) is 4.98 Å². The lowest BCUT2D eigenvalue weighted by molar-refractivity contribution is -0.140. The molecule has 2 aromatic rings. The Morgan fingerprint density at radius 1 is 1.30 bits per heavy atom. The molecule has 0 unspecified atom stereocenters. The van der Waals surface area contributed by atoms with Crippen LogP contribution in [0.25, 0.3) is 11.3 Å². The Morgan fingerprint density at radius 2 is 2.09 bits per heavy atom. The monoisotopic (exact) mass is 350 g/mol. The van der Waals surface area contributed by atoms with Crippen LogP contribution in [0.5, 0.6) is 0 Å². The summed E-state index contributed by atoms with van der Waals surface area (Å²) in [5, 5.41) is 4.77. The van der Waals surface area contributed by atoms with Crippen molar-refractivity contribution >= 4 is 35.0 Å². The van der Waals surface area contributed by atoms with Crippen LogP contribution in [-0.2, 0) is 14.3 Å². The lowest BCUT2D eigenvalue weighted by atomic mass is 10.2. The van der Waals surface area contributed by atoms with Gasteiger partial charge in [0.25, 0.3) is 0 Å². The molecular formula is C16H18N2O3S2. The first-order valence-electron chi connectivity index (χ1n) is 7.16. The van der Waals surface area contributed by atoms with Crippen LogP contribution >= 0.6 is 23.1 Å². The Morgan fingerprint density at radius 3 is 2.83 bits per heavy atom. The molecule has 0 aliphatic carbocycles. The van der Waals surface area contributed by atoms with Gasteiger partial charge in [0.1, 0.15) is 0 Å². The van der Waals surface area contributed by atoms with E-state index in [-0.39, 0.29) is 11.9 Å². The summed E-state index contributed by atoms with van der Waals surface area (Å²) in [5.74, 6) is 0.00106. The summed E-state index contributed by atoms with van der Waals surface area (Å²) in [5.41, 5.74) is 2.00. The second-order valence-corrected chi connectivity index (χ2v) is 6.76. The average Bonchev–Trinajstić information content (AvgIpc) is 3.06. The van der Waals surface area contributed by atoms with Crippen molar-refractivity contribution in [2.45, 2.75) is 17.2 Å².